The van der Waals surface area contributed by atoms with Crippen LogP contribution in [0.25, 0.3) is 0 Å². The zero-order valence-electron chi connectivity index (χ0n) is 10.5. The van der Waals surface area contributed by atoms with E-state index in [1.165, 1.54) is 32.1 Å². The van der Waals surface area contributed by atoms with Crippen LogP contribution in [0.3, 0.4) is 0 Å². The van der Waals surface area contributed by atoms with Gasteiger partial charge in [0.2, 0.25) is 0 Å². The van der Waals surface area contributed by atoms with E-state index in [1.807, 2.05) is 0 Å². The third-order valence-corrected chi connectivity index (χ3v) is 4.98. The molecule has 1 aromatic rings. The van der Waals surface area contributed by atoms with Crippen molar-refractivity contribution >= 4 is 11.8 Å². The van der Waals surface area contributed by atoms with Gasteiger partial charge in [-0.3, -0.25) is 0 Å². The molecule has 3 unspecified atom stereocenters. The summed E-state index contributed by atoms with van der Waals surface area (Å²) < 4.78 is 5.34. The molecule has 3 atom stereocenters. The molecule has 0 aromatic carbocycles. The van der Waals surface area contributed by atoms with Crippen LogP contribution >= 0.6 is 11.8 Å². The molecule has 1 saturated carbocycles. The van der Waals surface area contributed by atoms with Crippen LogP contribution in [0, 0.1) is 11.8 Å². The van der Waals surface area contributed by atoms with Crippen LogP contribution in [0.15, 0.2) is 22.1 Å². The van der Waals surface area contributed by atoms with Crippen molar-refractivity contribution in [1.29, 1.82) is 0 Å². The van der Waals surface area contributed by atoms with Crippen molar-refractivity contribution in [3.8, 4) is 0 Å². The molecule has 1 heterocycles. The van der Waals surface area contributed by atoms with E-state index in [1.54, 1.807) is 24.2 Å². The molecule has 0 saturated heterocycles. The fourth-order valence-electron chi connectivity index (χ4n) is 2.76. The molecule has 1 aliphatic rings. The van der Waals surface area contributed by atoms with Gasteiger partial charge in [-0.05, 0) is 31.2 Å². The van der Waals surface area contributed by atoms with Crippen molar-refractivity contribution in [2.45, 2.75) is 49.5 Å². The molecular weight excluding hydrogens is 232 g/mol. The molecule has 1 fully saturated rings. The van der Waals surface area contributed by atoms with Crippen molar-refractivity contribution in [2.24, 2.45) is 17.6 Å². The number of rotatable bonds is 5. The molecular formula is C13H22N2OS. The van der Waals surface area contributed by atoms with Gasteiger partial charge in [-0.2, -0.15) is 0 Å². The third kappa shape index (κ3) is 3.49. The van der Waals surface area contributed by atoms with Crippen LogP contribution in [-0.2, 0) is 0 Å². The SMILES string of the molecule is CCCC1CCC(CN)C(Sc2ncco2)C1. The van der Waals surface area contributed by atoms with Crippen LogP contribution in [0.1, 0.15) is 39.0 Å². The van der Waals surface area contributed by atoms with Crippen LogP contribution in [0.4, 0.5) is 0 Å². The van der Waals surface area contributed by atoms with E-state index < -0.39 is 0 Å². The summed E-state index contributed by atoms with van der Waals surface area (Å²) in [5.74, 6) is 1.50. The number of hydrogen-bond donors (Lipinski definition) is 1. The van der Waals surface area contributed by atoms with Gasteiger partial charge in [0.25, 0.3) is 5.22 Å². The number of nitrogens with zero attached hydrogens (tertiary/aromatic N) is 1. The molecule has 96 valence electrons. The van der Waals surface area contributed by atoms with E-state index in [9.17, 15) is 0 Å². The summed E-state index contributed by atoms with van der Waals surface area (Å²) in [4.78, 5) is 4.21. The standard InChI is InChI=1S/C13H22N2OS/c1-2-3-10-4-5-11(9-14)12(8-10)17-13-15-6-7-16-13/h6-7,10-12H,2-5,8-9,14H2,1H3. The summed E-state index contributed by atoms with van der Waals surface area (Å²) in [5.41, 5.74) is 5.88. The predicted octanol–water partition coefficient (Wildman–Crippen LogP) is 3.31. The van der Waals surface area contributed by atoms with Crippen LogP contribution in [0.5, 0.6) is 0 Å². The Morgan fingerprint density at radius 1 is 1.53 bits per heavy atom. The van der Waals surface area contributed by atoms with E-state index in [0.717, 1.165) is 17.7 Å². The Labute approximate surface area is 108 Å². The Kier molecular flexibility index (Phi) is 4.92. The second-order valence-electron chi connectivity index (χ2n) is 4.92. The molecule has 0 amide bonds. The molecule has 17 heavy (non-hydrogen) atoms. The Bertz CT molecular complexity index is 315. The maximum Gasteiger partial charge on any atom is 0.255 e. The zero-order valence-corrected chi connectivity index (χ0v) is 11.3. The highest BCUT2D eigenvalue weighted by molar-refractivity contribution is 7.99. The fourth-order valence-corrected chi connectivity index (χ4v) is 4.06. The molecule has 2 N–H and O–H groups in total. The lowest BCUT2D eigenvalue weighted by molar-refractivity contribution is 0.274. The number of aromatic nitrogens is 1. The number of hydrogen-bond acceptors (Lipinski definition) is 4. The molecule has 0 bridgehead atoms. The molecule has 4 heteroatoms. The monoisotopic (exact) mass is 254 g/mol. The summed E-state index contributed by atoms with van der Waals surface area (Å²) in [6, 6.07) is 0. The van der Waals surface area contributed by atoms with Gasteiger partial charge in [0.15, 0.2) is 0 Å². The lowest BCUT2D eigenvalue weighted by Crippen LogP contribution is -2.32. The van der Waals surface area contributed by atoms with Gasteiger partial charge < -0.3 is 10.2 Å². The van der Waals surface area contributed by atoms with E-state index in [2.05, 4.69) is 11.9 Å². The lowest BCUT2D eigenvalue weighted by Gasteiger charge is -2.34. The van der Waals surface area contributed by atoms with Crippen LogP contribution < -0.4 is 5.73 Å². The third-order valence-electron chi connectivity index (χ3n) is 3.70. The topological polar surface area (TPSA) is 52.0 Å². The van der Waals surface area contributed by atoms with E-state index in [4.69, 9.17) is 10.2 Å². The summed E-state index contributed by atoms with van der Waals surface area (Å²) in [6.07, 6.45) is 9.87. The number of oxazole rings is 1. The van der Waals surface area contributed by atoms with Gasteiger partial charge in [-0.15, -0.1) is 0 Å². The second-order valence-corrected chi connectivity index (χ2v) is 6.11. The first-order valence-electron chi connectivity index (χ1n) is 6.59. The summed E-state index contributed by atoms with van der Waals surface area (Å²) in [7, 11) is 0. The van der Waals surface area contributed by atoms with Crippen molar-refractivity contribution in [1.82, 2.24) is 4.98 Å². The van der Waals surface area contributed by atoms with E-state index in [-0.39, 0.29) is 0 Å². The second kappa shape index (κ2) is 6.45. The highest BCUT2D eigenvalue weighted by Gasteiger charge is 2.30. The smallest absolute Gasteiger partial charge is 0.255 e. The predicted molar refractivity (Wildman–Crippen MR) is 70.9 cm³/mol. The van der Waals surface area contributed by atoms with Gasteiger partial charge >= 0.3 is 0 Å². The van der Waals surface area contributed by atoms with Gasteiger partial charge in [-0.1, -0.05) is 37.9 Å². The van der Waals surface area contributed by atoms with Gasteiger partial charge in [0.05, 0.1) is 6.20 Å². The highest BCUT2D eigenvalue weighted by atomic mass is 32.2. The Hall–Kier alpha value is -0.480. The average molecular weight is 254 g/mol. The normalized spacial score (nSPS) is 29.4. The van der Waals surface area contributed by atoms with Gasteiger partial charge in [-0.25, -0.2) is 4.98 Å². The Balaban J connectivity index is 1.94. The molecule has 1 aromatic heterocycles. The van der Waals surface area contributed by atoms with Gasteiger partial charge in [0, 0.05) is 5.25 Å². The maximum atomic E-state index is 5.88. The van der Waals surface area contributed by atoms with Crippen LogP contribution in [-0.4, -0.2) is 16.8 Å². The first kappa shape index (κ1) is 13.0. The average Bonchev–Trinajstić information content (AvgIpc) is 2.83. The van der Waals surface area contributed by atoms with Crippen molar-refractivity contribution in [3.05, 3.63) is 12.5 Å². The minimum absolute atomic E-state index is 0.587. The minimum atomic E-state index is 0.587. The fraction of sp³-hybridized carbons (Fsp3) is 0.769. The van der Waals surface area contributed by atoms with E-state index >= 15 is 0 Å². The largest absolute Gasteiger partial charge is 0.440 e. The Morgan fingerprint density at radius 3 is 3.06 bits per heavy atom. The molecule has 0 aliphatic heterocycles. The van der Waals surface area contributed by atoms with Crippen LogP contribution in [0.2, 0.25) is 0 Å². The molecule has 3 nitrogen and oxygen atoms in total. The van der Waals surface area contributed by atoms with E-state index in [0.29, 0.717) is 11.2 Å². The molecule has 2 rings (SSSR count). The molecule has 1 aliphatic carbocycles. The molecule has 0 radical (unpaired) electrons. The number of thioether (sulfide) groups is 1. The quantitative estimate of drug-likeness (QED) is 0.876. The lowest BCUT2D eigenvalue weighted by atomic mass is 9.80. The van der Waals surface area contributed by atoms with Crippen molar-refractivity contribution < 1.29 is 4.42 Å². The van der Waals surface area contributed by atoms with Crippen molar-refractivity contribution in [2.75, 3.05) is 6.54 Å². The Morgan fingerprint density at radius 2 is 2.41 bits per heavy atom. The summed E-state index contributed by atoms with van der Waals surface area (Å²) in [5, 5.41) is 1.38. The van der Waals surface area contributed by atoms with Gasteiger partial charge in [0.1, 0.15) is 6.26 Å². The first-order chi connectivity index (χ1) is 8.33. The maximum absolute atomic E-state index is 5.88. The summed E-state index contributed by atoms with van der Waals surface area (Å²) >= 11 is 1.78. The summed E-state index contributed by atoms with van der Waals surface area (Å²) in [6.45, 7) is 3.06. The van der Waals surface area contributed by atoms with Crippen molar-refractivity contribution in [3.63, 3.8) is 0 Å². The zero-order chi connectivity index (χ0) is 12.1. The molecule has 0 spiro atoms. The minimum Gasteiger partial charge on any atom is -0.440 e. The first-order valence-corrected chi connectivity index (χ1v) is 7.47. The number of nitrogens with two attached hydrogens (primary N) is 1. The highest BCUT2D eigenvalue weighted by Crippen LogP contribution is 2.40.